The summed E-state index contributed by atoms with van der Waals surface area (Å²) in [5, 5.41) is 21.4. The monoisotopic (exact) mass is 560 g/mol. The number of aromatic carboxylic acids is 1. The molecule has 3 aromatic rings. The molecule has 2 heterocycles. The number of halogens is 1. The largest absolute Gasteiger partial charge is 0.496 e. The first-order valence-electron chi connectivity index (χ1n) is 12.1. The maximum atomic E-state index is 14.3. The number of benzene rings is 1. The van der Waals surface area contributed by atoms with Crippen molar-refractivity contribution >= 4 is 33.4 Å². The molecule has 2 aromatic heterocycles. The molecule has 0 saturated heterocycles. The molecule has 39 heavy (non-hydrogen) atoms. The lowest BCUT2D eigenvalue weighted by atomic mass is 10.1. The Kier molecular flexibility index (Phi) is 9.26. The molecular formula is C26H29FN4O7S. The number of ether oxygens (including phenoxy) is 2. The highest BCUT2D eigenvalue weighted by Gasteiger charge is 2.29. The van der Waals surface area contributed by atoms with Crippen molar-refractivity contribution in [2.75, 3.05) is 13.7 Å². The number of rotatable bonds is 11. The molecule has 1 aromatic carbocycles. The van der Waals surface area contributed by atoms with Crippen LogP contribution in [0.25, 0.3) is 10.2 Å². The molecule has 0 bridgehead atoms. The molecule has 2 atom stereocenters. The van der Waals surface area contributed by atoms with Crippen LogP contribution in [0, 0.1) is 24.1 Å². The zero-order chi connectivity index (χ0) is 29.0. The average molecular weight is 561 g/mol. The highest BCUT2D eigenvalue weighted by Crippen LogP contribution is 2.33. The number of hydrogen-bond donors (Lipinski definition) is 2. The standard InChI is InChI=1S/C26H29FN4O7S/c1-13(2)29-22(32)15(4)31-23(33)20-14(3)21(25(34)35)39-24(20)30(26(31)36)12-19(38-10-6-9-28)17-11-16(27)7-8-18(17)37-5/h7-8,11,13,15,19H,6,10,12H2,1-5H3,(H,29,32)(H,34,35)/t15-,19?/m1/s1. The van der Waals surface area contributed by atoms with Crippen molar-refractivity contribution in [2.24, 2.45) is 0 Å². The number of carbonyl (C=O) groups excluding carboxylic acids is 1. The van der Waals surface area contributed by atoms with Crippen LogP contribution >= 0.6 is 11.3 Å². The second-order valence-electron chi connectivity index (χ2n) is 9.10. The van der Waals surface area contributed by atoms with Gasteiger partial charge in [-0.1, -0.05) is 0 Å². The molecule has 0 aliphatic carbocycles. The molecule has 0 saturated carbocycles. The Morgan fingerprint density at radius 3 is 2.54 bits per heavy atom. The van der Waals surface area contributed by atoms with Gasteiger partial charge in [0, 0.05) is 11.6 Å². The zero-order valence-corrected chi connectivity index (χ0v) is 22.9. The third kappa shape index (κ3) is 6.02. The van der Waals surface area contributed by atoms with Crippen LogP contribution in [0.4, 0.5) is 4.39 Å². The van der Waals surface area contributed by atoms with E-state index < -0.39 is 41.1 Å². The molecule has 1 amide bonds. The summed E-state index contributed by atoms with van der Waals surface area (Å²) in [4.78, 5) is 52.1. The topological polar surface area (TPSA) is 153 Å². The van der Waals surface area contributed by atoms with E-state index in [4.69, 9.17) is 14.7 Å². The minimum atomic E-state index is -1.28. The van der Waals surface area contributed by atoms with Gasteiger partial charge in [-0.2, -0.15) is 5.26 Å². The third-order valence-corrected chi connectivity index (χ3v) is 7.36. The Morgan fingerprint density at radius 1 is 1.26 bits per heavy atom. The highest BCUT2D eigenvalue weighted by molar-refractivity contribution is 7.20. The molecule has 3 rings (SSSR count). The minimum absolute atomic E-state index is 0.00557. The number of carbonyl (C=O) groups is 2. The van der Waals surface area contributed by atoms with E-state index in [0.717, 1.165) is 20.5 Å². The summed E-state index contributed by atoms with van der Waals surface area (Å²) in [5.74, 6) is -2.19. The van der Waals surface area contributed by atoms with Crippen LogP contribution in [0.1, 0.15) is 60.1 Å². The lowest BCUT2D eigenvalue weighted by molar-refractivity contribution is -0.124. The van der Waals surface area contributed by atoms with Gasteiger partial charge in [0.15, 0.2) is 0 Å². The number of carboxylic acids is 1. The van der Waals surface area contributed by atoms with Crippen LogP contribution in [-0.2, 0) is 16.1 Å². The van der Waals surface area contributed by atoms with Crippen molar-refractivity contribution < 1.29 is 28.6 Å². The molecule has 0 aliphatic heterocycles. The fourth-order valence-electron chi connectivity index (χ4n) is 4.20. The fraction of sp³-hybridized carbons (Fsp3) is 0.423. The number of amides is 1. The van der Waals surface area contributed by atoms with Gasteiger partial charge in [0.1, 0.15) is 33.4 Å². The van der Waals surface area contributed by atoms with Gasteiger partial charge >= 0.3 is 11.7 Å². The van der Waals surface area contributed by atoms with Gasteiger partial charge in [-0.15, -0.1) is 11.3 Å². The van der Waals surface area contributed by atoms with Gasteiger partial charge in [-0.25, -0.2) is 18.5 Å². The molecule has 208 valence electrons. The van der Waals surface area contributed by atoms with Crippen LogP contribution < -0.4 is 21.3 Å². The fourth-order valence-corrected chi connectivity index (χ4v) is 5.34. The van der Waals surface area contributed by atoms with E-state index in [1.54, 1.807) is 13.8 Å². The van der Waals surface area contributed by atoms with Crippen LogP contribution in [0.5, 0.6) is 5.75 Å². The Balaban J connectivity index is 2.33. The van der Waals surface area contributed by atoms with Gasteiger partial charge in [0.2, 0.25) is 5.91 Å². The Hall–Kier alpha value is -4.02. The number of carboxylic acid groups (broad SMARTS) is 1. The van der Waals surface area contributed by atoms with Crippen molar-refractivity contribution in [3.05, 3.63) is 60.9 Å². The smallest absolute Gasteiger partial charge is 0.346 e. The van der Waals surface area contributed by atoms with Crippen molar-refractivity contribution in [1.82, 2.24) is 14.5 Å². The number of hydrogen-bond acceptors (Lipinski definition) is 8. The summed E-state index contributed by atoms with van der Waals surface area (Å²) in [7, 11) is 1.38. The summed E-state index contributed by atoms with van der Waals surface area (Å²) in [5.41, 5.74) is -1.28. The maximum Gasteiger partial charge on any atom is 0.346 e. The van der Waals surface area contributed by atoms with Crippen LogP contribution in [-0.4, -0.2) is 45.9 Å². The normalized spacial score (nSPS) is 12.8. The summed E-state index contributed by atoms with van der Waals surface area (Å²) in [6, 6.07) is 4.22. The molecule has 2 N–H and O–H groups in total. The number of nitrogens with one attached hydrogen (secondary N) is 1. The van der Waals surface area contributed by atoms with Crippen molar-refractivity contribution in [2.45, 2.75) is 58.8 Å². The predicted octanol–water partition coefficient (Wildman–Crippen LogP) is 3.14. The van der Waals surface area contributed by atoms with E-state index in [1.165, 1.54) is 39.2 Å². The maximum absolute atomic E-state index is 14.3. The van der Waals surface area contributed by atoms with Gasteiger partial charge in [-0.3, -0.25) is 14.2 Å². The van der Waals surface area contributed by atoms with Crippen LogP contribution in [0.2, 0.25) is 0 Å². The number of fused-ring (bicyclic) bond motifs is 1. The summed E-state index contributed by atoms with van der Waals surface area (Å²) >= 11 is 0.741. The number of nitrogens with zero attached hydrogens (tertiary/aromatic N) is 3. The third-order valence-electron chi connectivity index (χ3n) is 6.05. The number of methoxy groups -OCH3 is 1. The zero-order valence-electron chi connectivity index (χ0n) is 22.1. The van der Waals surface area contributed by atoms with E-state index in [1.807, 2.05) is 6.07 Å². The van der Waals surface area contributed by atoms with Crippen LogP contribution in [0.15, 0.2) is 27.8 Å². The predicted molar refractivity (Wildman–Crippen MR) is 142 cm³/mol. The molecule has 0 spiro atoms. The minimum Gasteiger partial charge on any atom is -0.496 e. The van der Waals surface area contributed by atoms with Crippen molar-refractivity contribution in [1.29, 1.82) is 5.26 Å². The van der Waals surface area contributed by atoms with Crippen LogP contribution in [0.3, 0.4) is 0 Å². The molecule has 0 aliphatic rings. The van der Waals surface area contributed by atoms with Gasteiger partial charge in [-0.05, 0) is 51.5 Å². The summed E-state index contributed by atoms with van der Waals surface area (Å²) < 4.78 is 27.5. The highest BCUT2D eigenvalue weighted by atomic mass is 32.1. The van der Waals surface area contributed by atoms with Gasteiger partial charge in [0.05, 0.1) is 38.1 Å². The van der Waals surface area contributed by atoms with Gasteiger partial charge < -0.3 is 19.9 Å². The Labute approximate surface area is 227 Å². The van der Waals surface area contributed by atoms with E-state index in [2.05, 4.69) is 5.32 Å². The first-order valence-corrected chi connectivity index (χ1v) is 12.9. The lowest BCUT2D eigenvalue weighted by Gasteiger charge is -2.23. The van der Waals surface area contributed by atoms with E-state index in [9.17, 15) is 28.7 Å². The van der Waals surface area contributed by atoms with Crippen molar-refractivity contribution in [3.8, 4) is 11.8 Å². The molecular weight excluding hydrogens is 531 g/mol. The molecule has 1 unspecified atom stereocenters. The second kappa shape index (κ2) is 12.2. The average Bonchev–Trinajstić information content (AvgIpc) is 3.22. The van der Waals surface area contributed by atoms with E-state index >= 15 is 0 Å². The second-order valence-corrected chi connectivity index (χ2v) is 10.1. The Bertz CT molecular complexity index is 1570. The quantitative estimate of drug-likeness (QED) is 0.339. The molecule has 11 nitrogen and oxygen atoms in total. The summed E-state index contributed by atoms with van der Waals surface area (Å²) in [6.07, 6.45) is -1.03. The van der Waals surface area contributed by atoms with Crippen molar-refractivity contribution in [3.63, 3.8) is 0 Å². The number of aromatic nitrogens is 2. The number of aryl methyl sites for hydroxylation is 1. The summed E-state index contributed by atoms with van der Waals surface area (Å²) in [6.45, 7) is 5.96. The van der Waals surface area contributed by atoms with E-state index in [-0.39, 0.29) is 57.6 Å². The Morgan fingerprint density at radius 2 is 1.95 bits per heavy atom. The molecule has 13 heteroatoms. The SMILES string of the molecule is COc1ccc(F)cc1C(Cn1c(=O)n([C@H](C)C(=O)NC(C)C)c(=O)c2c(C)c(C(=O)O)sc21)OCCC#N. The molecule has 0 radical (unpaired) electrons. The lowest BCUT2D eigenvalue weighted by Crippen LogP contribution is -2.47. The first-order chi connectivity index (χ1) is 18.4. The number of thiophene rings is 1. The molecule has 0 fully saturated rings. The first kappa shape index (κ1) is 29.5. The van der Waals surface area contributed by atoms with Gasteiger partial charge in [0.25, 0.3) is 5.56 Å². The van der Waals surface area contributed by atoms with E-state index in [0.29, 0.717) is 0 Å². The number of nitriles is 1.